The monoisotopic (exact) mass is 286 g/mol. The minimum absolute atomic E-state index is 0.422. The highest BCUT2D eigenvalue weighted by Crippen LogP contribution is 2.09. The van der Waals surface area contributed by atoms with Crippen LogP contribution in [0.4, 0.5) is 5.69 Å². The van der Waals surface area contributed by atoms with E-state index in [0.29, 0.717) is 12.5 Å². The lowest BCUT2D eigenvalue weighted by Gasteiger charge is -2.07. The molecule has 0 saturated carbocycles. The molecular weight excluding hydrogens is 264 g/mol. The molecule has 112 valence electrons. The molecule has 2 rings (SSSR count). The number of benzene rings is 1. The zero-order valence-electron chi connectivity index (χ0n) is 12.6. The Morgan fingerprint density at radius 1 is 1.24 bits per heavy atom. The molecule has 0 aliphatic heterocycles. The molecule has 0 aliphatic rings. The Balaban J connectivity index is 1.86. The van der Waals surface area contributed by atoms with Gasteiger partial charge in [-0.3, -0.25) is 4.99 Å². The third-order valence-electron chi connectivity index (χ3n) is 3.27. The van der Waals surface area contributed by atoms with Crippen molar-refractivity contribution >= 4 is 11.6 Å². The molecule has 0 radical (unpaired) electrons. The van der Waals surface area contributed by atoms with Crippen LogP contribution >= 0.6 is 0 Å². The van der Waals surface area contributed by atoms with Crippen molar-refractivity contribution in [3.63, 3.8) is 0 Å². The molecular formula is C15H22N6. The van der Waals surface area contributed by atoms with Crippen molar-refractivity contribution in [2.45, 2.75) is 33.2 Å². The smallest absolute Gasteiger partial charge is 0.193 e. The van der Waals surface area contributed by atoms with E-state index in [9.17, 15) is 0 Å². The van der Waals surface area contributed by atoms with E-state index in [4.69, 9.17) is 5.73 Å². The van der Waals surface area contributed by atoms with Crippen LogP contribution < -0.4 is 11.1 Å². The molecule has 0 aliphatic carbocycles. The fourth-order valence-electron chi connectivity index (χ4n) is 2.03. The molecule has 0 bridgehead atoms. The Kier molecular flexibility index (Phi) is 5.31. The van der Waals surface area contributed by atoms with Gasteiger partial charge >= 0.3 is 0 Å². The lowest BCUT2D eigenvalue weighted by atomic mass is 10.1. The van der Waals surface area contributed by atoms with Gasteiger partial charge in [0.15, 0.2) is 5.96 Å². The Morgan fingerprint density at radius 2 is 2.00 bits per heavy atom. The van der Waals surface area contributed by atoms with Gasteiger partial charge in [-0.1, -0.05) is 26.0 Å². The fraction of sp³-hybridized carbons (Fsp3) is 0.400. The number of nitrogens with one attached hydrogen (secondary N) is 1. The zero-order chi connectivity index (χ0) is 15.1. The van der Waals surface area contributed by atoms with Crippen LogP contribution in [0.1, 0.15) is 25.2 Å². The Hall–Kier alpha value is -2.37. The van der Waals surface area contributed by atoms with Crippen molar-refractivity contribution in [1.29, 1.82) is 0 Å². The summed E-state index contributed by atoms with van der Waals surface area (Å²) in [7, 11) is 0. The van der Waals surface area contributed by atoms with Crippen LogP contribution in [0.3, 0.4) is 0 Å². The highest BCUT2D eigenvalue weighted by Gasteiger charge is 2.00. The van der Waals surface area contributed by atoms with Gasteiger partial charge in [0.25, 0.3) is 0 Å². The minimum Gasteiger partial charge on any atom is -0.370 e. The van der Waals surface area contributed by atoms with Crippen molar-refractivity contribution in [2.75, 3.05) is 11.9 Å². The summed E-state index contributed by atoms with van der Waals surface area (Å²) in [5.74, 6) is 1.39. The first-order valence-electron chi connectivity index (χ1n) is 7.25. The van der Waals surface area contributed by atoms with E-state index < -0.39 is 0 Å². The lowest BCUT2D eigenvalue weighted by molar-refractivity contribution is 0.666. The van der Waals surface area contributed by atoms with Crippen LogP contribution in [-0.4, -0.2) is 27.3 Å². The summed E-state index contributed by atoms with van der Waals surface area (Å²) in [6, 6.07) is 8.19. The maximum Gasteiger partial charge on any atom is 0.193 e. The number of aryl methyl sites for hydroxylation is 2. The predicted octanol–water partition coefficient (Wildman–Crippen LogP) is 1.83. The summed E-state index contributed by atoms with van der Waals surface area (Å²) < 4.78 is 1.99. The predicted molar refractivity (Wildman–Crippen MR) is 85.3 cm³/mol. The van der Waals surface area contributed by atoms with Crippen molar-refractivity contribution in [1.82, 2.24) is 14.8 Å². The van der Waals surface area contributed by atoms with Gasteiger partial charge in [-0.05, 0) is 24.1 Å². The van der Waals surface area contributed by atoms with Gasteiger partial charge in [0.2, 0.25) is 0 Å². The SMILES string of the molecule is CCc1ccc(NC(N)=NCCn2cnnc2CC)cc1. The molecule has 1 aromatic carbocycles. The van der Waals surface area contributed by atoms with Crippen LogP contribution in [-0.2, 0) is 19.4 Å². The molecule has 6 nitrogen and oxygen atoms in total. The maximum atomic E-state index is 5.88. The molecule has 6 heteroatoms. The van der Waals surface area contributed by atoms with Gasteiger partial charge in [0, 0.05) is 18.7 Å². The summed E-state index contributed by atoms with van der Waals surface area (Å²) in [5.41, 5.74) is 8.14. The molecule has 0 fully saturated rings. The van der Waals surface area contributed by atoms with E-state index >= 15 is 0 Å². The number of anilines is 1. The first-order valence-corrected chi connectivity index (χ1v) is 7.25. The molecule has 0 atom stereocenters. The van der Waals surface area contributed by atoms with Crippen molar-refractivity contribution < 1.29 is 0 Å². The van der Waals surface area contributed by atoms with E-state index in [1.165, 1.54) is 5.56 Å². The second-order valence-electron chi connectivity index (χ2n) is 4.74. The van der Waals surface area contributed by atoms with Gasteiger partial charge < -0.3 is 15.6 Å². The third-order valence-corrected chi connectivity index (χ3v) is 3.27. The van der Waals surface area contributed by atoms with E-state index in [1.54, 1.807) is 6.33 Å². The highest BCUT2D eigenvalue weighted by atomic mass is 15.3. The van der Waals surface area contributed by atoms with Gasteiger partial charge in [0.1, 0.15) is 12.2 Å². The molecule has 0 amide bonds. The molecule has 0 saturated heterocycles. The van der Waals surface area contributed by atoms with Crippen LogP contribution in [0.2, 0.25) is 0 Å². The maximum absolute atomic E-state index is 5.88. The number of hydrogen-bond acceptors (Lipinski definition) is 3. The molecule has 0 spiro atoms. The second kappa shape index (κ2) is 7.42. The molecule has 2 aromatic rings. The number of guanidine groups is 1. The van der Waals surface area contributed by atoms with Gasteiger partial charge in [-0.2, -0.15) is 0 Å². The fourth-order valence-corrected chi connectivity index (χ4v) is 2.03. The molecule has 1 aromatic heterocycles. The number of rotatable bonds is 6. The second-order valence-corrected chi connectivity index (χ2v) is 4.74. The molecule has 21 heavy (non-hydrogen) atoms. The van der Waals surface area contributed by atoms with Crippen LogP contribution in [0.5, 0.6) is 0 Å². The minimum atomic E-state index is 0.422. The van der Waals surface area contributed by atoms with Gasteiger partial charge in [-0.15, -0.1) is 10.2 Å². The van der Waals surface area contributed by atoms with Crippen LogP contribution in [0, 0.1) is 0 Å². The van der Waals surface area contributed by atoms with Gasteiger partial charge in [0.05, 0.1) is 6.54 Å². The summed E-state index contributed by atoms with van der Waals surface area (Å²) in [6.07, 6.45) is 3.62. The molecule has 3 N–H and O–H groups in total. The third kappa shape index (κ3) is 4.30. The first-order chi connectivity index (χ1) is 10.2. The molecule has 0 unspecified atom stereocenters. The average molecular weight is 286 g/mol. The highest BCUT2D eigenvalue weighted by molar-refractivity contribution is 5.92. The Morgan fingerprint density at radius 3 is 2.67 bits per heavy atom. The largest absolute Gasteiger partial charge is 0.370 e. The Labute approximate surface area is 125 Å². The number of nitrogens with two attached hydrogens (primary N) is 1. The van der Waals surface area contributed by atoms with Crippen molar-refractivity contribution in [3.05, 3.63) is 42.0 Å². The lowest BCUT2D eigenvalue weighted by Crippen LogP contribution is -2.23. The quantitative estimate of drug-likeness (QED) is 0.627. The van der Waals surface area contributed by atoms with E-state index in [1.807, 2.05) is 16.7 Å². The van der Waals surface area contributed by atoms with E-state index in [-0.39, 0.29) is 0 Å². The zero-order valence-corrected chi connectivity index (χ0v) is 12.6. The number of aromatic nitrogens is 3. The van der Waals surface area contributed by atoms with Crippen LogP contribution in [0.25, 0.3) is 0 Å². The number of aliphatic imine (C=N–C) groups is 1. The summed E-state index contributed by atoms with van der Waals surface area (Å²) in [6.45, 7) is 5.51. The summed E-state index contributed by atoms with van der Waals surface area (Å²) in [5, 5.41) is 11.0. The van der Waals surface area contributed by atoms with Crippen molar-refractivity contribution in [2.24, 2.45) is 10.7 Å². The number of hydrogen-bond donors (Lipinski definition) is 2. The standard InChI is InChI=1S/C15H22N6/c1-3-12-5-7-13(8-6-12)19-15(16)17-9-10-21-11-18-20-14(21)4-2/h5-8,11H,3-4,9-10H2,1-2H3,(H3,16,17,19). The topological polar surface area (TPSA) is 81.1 Å². The summed E-state index contributed by atoms with van der Waals surface area (Å²) in [4.78, 5) is 4.32. The van der Waals surface area contributed by atoms with Crippen LogP contribution in [0.15, 0.2) is 35.6 Å². The summed E-state index contributed by atoms with van der Waals surface area (Å²) >= 11 is 0. The van der Waals surface area contributed by atoms with E-state index in [0.717, 1.165) is 30.9 Å². The first kappa shape index (κ1) is 15.0. The average Bonchev–Trinajstić information content (AvgIpc) is 2.95. The van der Waals surface area contributed by atoms with Gasteiger partial charge in [-0.25, -0.2) is 0 Å². The number of nitrogens with zero attached hydrogens (tertiary/aromatic N) is 4. The van der Waals surface area contributed by atoms with E-state index in [2.05, 4.69) is 46.5 Å². The molecule has 1 heterocycles. The van der Waals surface area contributed by atoms with Crippen molar-refractivity contribution in [3.8, 4) is 0 Å². The Bertz CT molecular complexity index is 584. The normalized spacial score (nSPS) is 11.6.